The van der Waals surface area contributed by atoms with E-state index in [1.165, 1.54) is 72.2 Å². The summed E-state index contributed by atoms with van der Waals surface area (Å²) in [6.07, 6.45) is 18.0. The van der Waals surface area contributed by atoms with Crippen LogP contribution < -0.4 is 10.4 Å². The number of benzene rings is 2. The van der Waals surface area contributed by atoms with Crippen molar-refractivity contribution < 1.29 is 14.4 Å². The molecule has 402 valence electrons. The zero-order chi connectivity index (χ0) is 54.1. The summed E-state index contributed by atoms with van der Waals surface area (Å²) in [5.41, 5.74) is 4.53. The van der Waals surface area contributed by atoms with Crippen LogP contribution in [-0.2, 0) is 14.4 Å². The highest BCUT2D eigenvalue weighted by Gasteiger charge is 2.45. The highest BCUT2D eigenvalue weighted by atomic mass is 35.5. The third kappa shape index (κ3) is 15.7. The number of hydrogen-bond donors (Lipinski definition) is 0. The number of likely N-dealkylation sites (tertiary alicyclic amines) is 3. The van der Waals surface area contributed by atoms with Crippen LogP contribution in [-0.4, -0.2) is 129 Å². The molecule has 0 unspecified atom stereocenters. The average molecular weight is 1050 g/mol. The number of nitrogens with zero attached hydrogens (tertiary/aromatic N) is 6. The number of carbonyl (C=O) groups excluding carboxylic acids is 3. The molecule has 9 nitrogen and oxygen atoms in total. The number of halogens is 1. The van der Waals surface area contributed by atoms with Gasteiger partial charge < -0.3 is 9.80 Å². The van der Waals surface area contributed by atoms with E-state index in [2.05, 4.69) is 146 Å². The molecular weight excluding hydrogens is 956 g/mol. The molecule has 5 aliphatic rings. The van der Waals surface area contributed by atoms with Crippen molar-refractivity contribution in [2.45, 2.75) is 169 Å². The third-order valence-corrected chi connectivity index (χ3v) is 25.2. The van der Waals surface area contributed by atoms with Crippen LogP contribution in [0.2, 0.25) is 37.3 Å². The first kappa shape index (κ1) is 60.2. The quantitative estimate of drug-likeness (QED) is 0.172. The van der Waals surface area contributed by atoms with Gasteiger partial charge in [0.25, 0.3) is 0 Å². The molecule has 6 heterocycles. The lowest BCUT2D eigenvalue weighted by molar-refractivity contribution is -0.137. The number of likely N-dealkylation sites (N-methyl/N-ethyl adjacent to an activating group) is 2. The van der Waals surface area contributed by atoms with Gasteiger partial charge in [-0.3, -0.25) is 34.1 Å². The maximum Gasteiger partial charge on any atom is 0.231 e. The van der Waals surface area contributed by atoms with E-state index >= 15 is 0 Å². The molecule has 0 radical (unpaired) electrons. The summed E-state index contributed by atoms with van der Waals surface area (Å²) in [5, 5.41) is 2.77. The van der Waals surface area contributed by atoms with E-state index in [-0.39, 0.29) is 33.3 Å². The van der Waals surface area contributed by atoms with Gasteiger partial charge in [0.2, 0.25) is 17.1 Å². The van der Waals surface area contributed by atoms with Crippen molar-refractivity contribution in [3.8, 4) is 0 Å². The summed E-state index contributed by atoms with van der Waals surface area (Å²) in [5.74, 6) is 0.497. The van der Waals surface area contributed by atoms with Gasteiger partial charge in [0.05, 0.1) is 16.1 Å². The van der Waals surface area contributed by atoms with Crippen molar-refractivity contribution >= 4 is 55.2 Å². The molecule has 8 rings (SSSR count). The molecule has 0 spiro atoms. The molecule has 12 heteroatoms. The van der Waals surface area contributed by atoms with E-state index in [0.717, 1.165) is 39.0 Å². The van der Waals surface area contributed by atoms with E-state index in [1.807, 2.05) is 69.8 Å². The maximum atomic E-state index is 13.0. The van der Waals surface area contributed by atoms with Gasteiger partial charge in [0.15, 0.2) is 0 Å². The lowest BCUT2D eigenvalue weighted by Crippen LogP contribution is -2.52. The Hall–Kier alpha value is -3.72. The van der Waals surface area contributed by atoms with Crippen LogP contribution >= 0.6 is 11.6 Å². The van der Waals surface area contributed by atoms with Crippen LogP contribution in [0.15, 0.2) is 109 Å². The Labute approximate surface area is 450 Å². The molecule has 2 aromatic carbocycles. The number of hydrogen-bond acceptors (Lipinski definition) is 7. The molecule has 0 bridgehead atoms. The molecule has 2 amide bonds. The first-order valence-corrected chi connectivity index (χ1v) is 34.0. The lowest BCUT2D eigenvalue weighted by atomic mass is 9.92. The fourth-order valence-electron chi connectivity index (χ4n) is 11.6. The minimum absolute atomic E-state index is 0.248. The number of pyridine rings is 1. The van der Waals surface area contributed by atoms with E-state index in [9.17, 15) is 14.4 Å². The van der Waals surface area contributed by atoms with Crippen LogP contribution in [0.3, 0.4) is 0 Å². The second-order valence-electron chi connectivity index (χ2n) is 25.8. The number of rotatable bonds is 7. The van der Waals surface area contributed by atoms with Crippen LogP contribution in [0.4, 0.5) is 0 Å². The second kappa shape index (κ2) is 25.4. The standard InChI is InChI=1S/2C23H36N2OSi.C10H14N2.C5H9ClO/c2*1-23(2,3)22(26)25-16-14-21(19(17-25)20-13-10-15-24(20)4)27(5,6)18-11-8-7-9-12-18;1-12-7-3-5-10(12)9-4-2-6-11-8-9;1-5(2,3)4(6)7/h2*7-9,11-12,17,20-21H,10,13-16H2,1-6H3;2,4,6,8,10H,3,5,7H2,1H3;1-3H3/t20-,21+;20-,21-;10-;/m000./s1. The summed E-state index contributed by atoms with van der Waals surface area (Å²) in [4.78, 5) is 51.7. The van der Waals surface area contributed by atoms with E-state index in [0.29, 0.717) is 29.2 Å². The van der Waals surface area contributed by atoms with Gasteiger partial charge in [-0.15, -0.1) is 0 Å². The summed E-state index contributed by atoms with van der Waals surface area (Å²) in [6, 6.07) is 27.9. The van der Waals surface area contributed by atoms with Crippen LogP contribution in [0.5, 0.6) is 0 Å². The lowest BCUT2D eigenvalue weighted by Gasteiger charge is -2.44. The van der Waals surface area contributed by atoms with Gasteiger partial charge in [0.1, 0.15) is 0 Å². The normalized spacial score (nSPS) is 23.5. The van der Waals surface area contributed by atoms with Crippen molar-refractivity contribution in [1.29, 1.82) is 0 Å². The molecule has 73 heavy (non-hydrogen) atoms. The molecule has 0 aliphatic carbocycles. The highest BCUT2D eigenvalue weighted by molar-refractivity contribution is 6.92. The van der Waals surface area contributed by atoms with Crippen molar-refractivity contribution in [3.05, 3.63) is 114 Å². The maximum absolute atomic E-state index is 13.0. The van der Waals surface area contributed by atoms with E-state index in [4.69, 9.17) is 11.6 Å². The van der Waals surface area contributed by atoms with Crippen LogP contribution in [0.1, 0.15) is 125 Å². The molecule has 3 saturated heterocycles. The fourth-order valence-corrected chi connectivity index (χ4v) is 18.4. The van der Waals surface area contributed by atoms with E-state index in [1.54, 1.807) is 20.8 Å². The minimum atomic E-state index is -1.68. The van der Waals surface area contributed by atoms with Crippen molar-refractivity contribution in [3.63, 3.8) is 0 Å². The van der Waals surface area contributed by atoms with Gasteiger partial charge in [-0.2, -0.15) is 0 Å². The monoisotopic (exact) mass is 1050 g/mol. The minimum Gasteiger partial charge on any atom is -0.319 e. The average Bonchev–Trinajstić information content (AvgIpc) is 4.11. The first-order chi connectivity index (χ1) is 34.1. The summed E-state index contributed by atoms with van der Waals surface area (Å²) in [7, 11) is 3.32. The fraction of sp³-hybridized carbons (Fsp3) is 0.607. The van der Waals surface area contributed by atoms with Crippen LogP contribution in [0, 0.1) is 16.2 Å². The Kier molecular flexibility index (Phi) is 20.9. The Morgan fingerprint density at radius 3 is 1.15 bits per heavy atom. The molecule has 1 aromatic heterocycles. The SMILES string of the molecule is CC(C)(C)C(=O)Cl.CN1CCC[C@H]1C1=CN(C(=O)C(C)(C)C)CC[C@@H]1[Si](C)(C)c1ccccc1.CN1CCC[C@H]1C1=CN(C(=O)C(C)(C)C)CC[C@H]1[Si](C)(C)c1ccccc1.CN1CCC[C@H]1c1cccnc1. The smallest absolute Gasteiger partial charge is 0.231 e. The highest BCUT2D eigenvalue weighted by Crippen LogP contribution is 2.44. The van der Waals surface area contributed by atoms with Gasteiger partial charge in [0, 0.05) is 72.3 Å². The summed E-state index contributed by atoms with van der Waals surface area (Å²) in [6.45, 7) is 32.8. The molecule has 5 aliphatic heterocycles. The Bertz CT molecular complexity index is 2200. The Morgan fingerprint density at radius 1 is 0.507 bits per heavy atom. The largest absolute Gasteiger partial charge is 0.319 e. The molecule has 0 N–H and O–H groups in total. The molecule has 5 atom stereocenters. The Balaban J connectivity index is 0.000000201. The van der Waals surface area contributed by atoms with Crippen molar-refractivity contribution in [2.75, 3.05) is 53.9 Å². The third-order valence-electron chi connectivity index (χ3n) is 16.3. The topological polar surface area (TPSA) is 80.3 Å². The number of carbonyl (C=O) groups is 3. The predicted octanol–water partition coefficient (Wildman–Crippen LogP) is 12.1. The Morgan fingerprint density at radius 2 is 0.863 bits per heavy atom. The van der Waals surface area contributed by atoms with Crippen molar-refractivity contribution in [1.82, 2.24) is 29.5 Å². The zero-order valence-electron chi connectivity index (χ0n) is 48.1. The van der Waals surface area contributed by atoms with Gasteiger partial charge in [-0.05, 0) is 138 Å². The van der Waals surface area contributed by atoms with Gasteiger partial charge >= 0.3 is 0 Å². The molecule has 3 aromatic rings. The van der Waals surface area contributed by atoms with Gasteiger partial charge in [-0.1, -0.05) is 166 Å². The number of aromatic nitrogens is 1. The first-order valence-electron chi connectivity index (χ1n) is 27.4. The summed E-state index contributed by atoms with van der Waals surface area (Å²) >= 11 is 5.11. The predicted molar refractivity (Wildman–Crippen MR) is 313 cm³/mol. The zero-order valence-corrected chi connectivity index (χ0v) is 50.9. The van der Waals surface area contributed by atoms with E-state index < -0.39 is 16.1 Å². The molecule has 0 saturated carbocycles. The van der Waals surface area contributed by atoms with Gasteiger partial charge in [-0.25, -0.2) is 0 Å². The number of amides is 2. The van der Waals surface area contributed by atoms with Crippen molar-refractivity contribution in [2.24, 2.45) is 16.2 Å². The molecule has 3 fully saturated rings. The van der Waals surface area contributed by atoms with Crippen LogP contribution in [0.25, 0.3) is 0 Å². The second-order valence-corrected chi connectivity index (χ2v) is 35.6. The molecular formula is C61H95ClN6O3Si2. The summed E-state index contributed by atoms with van der Waals surface area (Å²) < 4.78 is 0.